The third-order valence-corrected chi connectivity index (χ3v) is 5.85. The number of tetrazole rings is 1. The molecule has 0 bridgehead atoms. The standard InChI is InChI=1S/C23H30FN7/c1-17(2)31-23(25-26-27-31)22(18-9-11-19(12-10-18)28(3)4)30-15-13-29(14-16-30)21-8-6-5-7-20(21)24/h5-12,17,22H,13-16H2,1-4H3/t22-/m1/s1. The lowest BCUT2D eigenvalue weighted by molar-refractivity contribution is 0.198. The van der Waals surface area contributed by atoms with Crippen molar-refractivity contribution in [2.45, 2.75) is 25.9 Å². The molecule has 0 aliphatic carbocycles. The summed E-state index contributed by atoms with van der Waals surface area (Å²) in [5, 5.41) is 12.6. The number of anilines is 2. The molecule has 1 saturated heterocycles. The fraction of sp³-hybridized carbons (Fsp3) is 0.435. The molecule has 2 heterocycles. The van der Waals surface area contributed by atoms with Crippen molar-refractivity contribution in [1.82, 2.24) is 25.1 Å². The van der Waals surface area contributed by atoms with Gasteiger partial charge in [0.2, 0.25) is 0 Å². The molecule has 31 heavy (non-hydrogen) atoms. The average molecular weight is 424 g/mol. The molecule has 7 nitrogen and oxygen atoms in total. The lowest BCUT2D eigenvalue weighted by Crippen LogP contribution is -2.48. The lowest BCUT2D eigenvalue weighted by Gasteiger charge is -2.40. The van der Waals surface area contributed by atoms with Gasteiger partial charge < -0.3 is 9.80 Å². The predicted molar refractivity (Wildman–Crippen MR) is 121 cm³/mol. The number of piperazine rings is 1. The summed E-state index contributed by atoms with van der Waals surface area (Å²) in [7, 11) is 4.07. The van der Waals surface area contributed by atoms with Crippen molar-refractivity contribution in [2.24, 2.45) is 0 Å². The summed E-state index contributed by atoms with van der Waals surface area (Å²) in [5.74, 6) is 0.669. The second-order valence-corrected chi connectivity index (χ2v) is 8.44. The summed E-state index contributed by atoms with van der Waals surface area (Å²) in [6, 6.07) is 15.7. The molecule has 1 aliphatic rings. The van der Waals surface area contributed by atoms with Gasteiger partial charge in [-0.05, 0) is 54.1 Å². The molecule has 0 radical (unpaired) electrons. The second kappa shape index (κ2) is 9.01. The Morgan fingerprint density at radius 3 is 2.23 bits per heavy atom. The van der Waals surface area contributed by atoms with Crippen LogP contribution in [0.1, 0.15) is 37.3 Å². The summed E-state index contributed by atoms with van der Waals surface area (Å²) in [6.45, 7) is 7.25. The molecule has 1 fully saturated rings. The van der Waals surface area contributed by atoms with E-state index in [0.717, 1.165) is 43.3 Å². The summed E-state index contributed by atoms with van der Waals surface area (Å²) in [6.07, 6.45) is 0. The van der Waals surface area contributed by atoms with Crippen molar-refractivity contribution in [3.63, 3.8) is 0 Å². The van der Waals surface area contributed by atoms with Gasteiger partial charge in [-0.2, -0.15) is 0 Å². The van der Waals surface area contributed by atoms with Crippen LogP contribution in [-0.2, 0) is 0 Å². The summed E-state index contributed by atoms with van der Waals surface area (Å²) < 4.78 is 16.2. The number of benzene rings is 2. The van der Waals surface area contributed by atoms with E-state index in [4.69, 9.17) is 0 Å². The van der Waals surface area contributed by atoms with Crippen molar-refractivity contribution in [3.8, 4) is 0 Å². The first kappa shape index (κ1) is 21.2. The molecule has 0 spiro atoms. The van der Waals surface area contributed by atoms with E-state index in [2.05, 4.69) is 68.3 Å². The molecule has 1 aromatic heterocycles. The van der Waals surface area contributed by atoms with Crippen LogP contribution in [0.4, 0.5) is 15.8 Å². The number of halogens is 1. The van der Waals surface area contributed by atoms with Crippen molar-refractivity contribution in [3.05, 3.63) is 65.7 Å². The molecule has 1 aliphatic heterocycles. The van der Waals surface area contributed by atoms with Crippen LogP contribution in [0, 0.1) is 5.82 Å². The van der Waals surface area contributed by atoms with Gasteiger partial charge in [-0.15, -0.1) is 5.10 Å². The van der Waals surface area contributed by atoms with E-state index in [1.165, 1.54) is 6.07 Å². The molecule has 8 heteroatoms. The zero-order valence-corrected chi connectivity index (χ0v) is 18.6. The van der Waals surface area contributed by atoms with Gasteiger partial charge in [-0.1, -0.05) is 24.3 Å². The van der Waals surface area contributed by atoms with Crippen LogP contribution in [0.5, 0.6) is 0 Å². The highest BCUT2D eigenvalue weighted by molar-refractivity contribution is 5.49. The third kappa shape index (κ3) is 4.39. The Hall–Kier alpha value is -3.00. The Morgan fingerprint density at radius 1 is 0.935 bits per heavy atom. The highest BCUT2D eigenvalue weighted by atomic mass is 19.1. The third-order valence-electron chi connectivity index (χ3n) is 5.85. The highest BCUT2D eigenvalue weighted by Crippen LogP contribution is 2.31. The van der Waals surface area contributed by atoms with Gasteiger partial charge >= 0.3 is 0 Å². The van der Waals surface area contributed by atoms with Gasteiger partial charge in [0, 0.05) is 46.0 Å². The Labute approximate surface area is 183 Å². The normalized spacial score (nSPS) is 16.0. The highest BCUT2D eigenvalue weighted by Gasteiger charge is 2.31. The number of hydrogen-bond donors (Lipinski definition) is 0. The smallest absolute Gasteiger partial charge is 0.173 e. The minimum absolute atomic E-state index is 0.0589. The van der Waals surface area contributed by atoms with Crippen LogP contribution < -0.4 is 9.80 Å². The van der Waals surface area contributed by atoms with E-state index >= 15 is 0 Å². The maximum Gasteiger partial charge on any atom is 0.173 e. The molecule has 1 atom stereocenters. The first-order valence-corrected chi connectivity index (χ1v) is 10.7. The molecule has 164 valence electrons. The van der Waals surface area contributed by atoms with Crippen LogP contribution in [0.25, 0.3) is 0 Å². The van der Waals surface area contributed by atoms with Gasteiger partial charge in [0.25, 0.3) is 0 Å². The van der Waals surface area contributed by atoms with Crippen LogP contribution in [0.3, 0.4) is 0 Å². The fourth-order valence-corrected chi connectivity index (χ4v) is 4.16. The van der Waals surface area contributed by atoms with E-state index in [-0.39, 0.29) is 17.9 Å². The lowest BCUT2D eigenvalue weighted by atomic mass is 10.0. The largest absolute Gasteiger partial charge is 0.378 e. The van der Waals surface area contributed by atoms with Crippen LogP contribution in [0.2, 0.25) is 0 Å². The number of hydrogen-bond acceptors (Lipinski definition) is 6. The van der Waals surface area contributed by atoms with Gasteiger partial charge in [-0.3, -0.25) is 4.90 Å². The van der Waals surface area contributed by atoms with E-state index in [1.807, 2.05) is 30.9 Å². The van der Waals surface area contributed by atoms with Crippen molar-refractivity contribution in [2.75, 3.05) is 50.1 Å². The molecule has 0 amide bonds. The summed E-state index contributed by atoms with van der Waals surface area (Å²) in [5.41, 5.74) is 2.97. The minimum atomic E-state index is -0.171. The van der Waals surface area contributed by atoms with Crippen LogP contribution in [-0.4, -0.2) is 65.4 Å². The van der Waals surface area contributed by atoms with E-state index in [1.54, 1.807) is 6.07 Å². The predicted octanol–water partition coefficient (Wildman–Crippen LogP) is 3.37. The van der Waals surface area contributed by atoms with Crippen molar-refractivity contribution in [1.29, 1.82) is 0 Å². The molecular formula is C23H30FN7. The minimum Gasteiger partial charge on any atom is -0.378 e. The molecular weight excluding hydrogens is 393 g/mol. The molecule has 4 rings (SSSR count). The maximum absolute atomic E-state index is 14.3. The second-order valence-electron chi connectivity index (χ2n) is 8.44. The van der Waals surface area contributed by atoms with E-state index < -0.39 is 0 Å². The molecule has 0 N–H and O–H groups in total. The molecule has 3 aromatic rings. The van der Waals surface area contributed by atoms with Gasteiger partial charge in [0.15, 0.2) is 5.82 Å². The number of rotatable bonds is 6. The molecule has 0 unspecified atom stereocenters. The fourth-order valence-electron chi connectivity index (χ4n) is 4.16. The Kier molecular flexibility index (Phi) is 6.18. The Morgan fingerprint density at radius 2 is 1.61 bits per heavy atom. The number of aromatic nitrogens is 4. The number of nitrogens with zero attached hydrogens (tertiary/aromatic N) is 7. The Balaban J connectivity index is 1.62. The quantitative estimate of drug-likeness (QED) is 0.606. The number of para-hydroxylation sites is 1. The van der Waals surface area contributed by atoms with Gasteiger partial charge in [0.1, 0.15) is 5.82 Å². The van der Waals surface area contributed by atoms with Crippen LogP contribution >= 0.6 is 0 Å². The van der Waals surface area contributed by atoms with Gasteiger partial charge in [0.05, 0.1) is 17.8 Å². The molecule has 2 aromatic carbocycles. The SMILES string of the molecule is CC(C)n1nnnc1[C@@H](c1ccc(N(C)C)cc1)N1CCN(c2ccccc2F)CC1. The Bertz CT molecular complexity index is 991. The van der Waals surface area contributed by atoms with Gasteiger partial charge in [-0.25, -0.2) is 9.07 Å². The zero-order chi connectivity index (χ0) is 22.0. The molecule has 0 saturated carbocycles. The topological polar surface area (TPSA) is 53.3 Å². The van der Waals surface area contributed by atoms with E-state index in [0.29, 0.717) is 5.69 Å². The average Bonchev–Trinajstić information content (AvgIpc) is 3.25. The van der Waals surface area contributed by atoms with E-state index in [9.17, 15) is 4.39 Å². The summed E-state index contributed by atoms with van der Waals surface area (Å²) in [4.78, 5) is 6.60. The summed E-state index contributed by atoms with van der Waals surface area (Å²) >= 11 is 0. The first-order chi connectivity index (χ1) is 15.0. The van der Waals surface area contributed by atoms with Crippen molar-refractivity contribution >= 4 is 11.4 Å². The van der Waals surface area contributed by atoms with Crippen molar-refractivity contribution < 1.29 is 4.39 Å². The zero-order valence-electron chi connectivity index (χ0n) is 18.6. The monoisotopic (exact) mass is 423 g/mol. The van der Waals surface area contributed by atoms with Crippen LogP contribution in [0.15, 0.2) is 48.5 Å². The first-order valence-electron chi connectivity index (χ1n) is 10.7. The maximum atomic E-state index is 14.3.